The number of aliphatic carboxylic acids is 1. The second-order valence-corrected chi connectivity index (χ2v) is 6.77. The molecule has 1 saturated heterocycles. The van der Waals surface area contributed by atoms with Crippen molar-refractivity contribution in [3.8, 4) is 0 Å². The van der Waals surface area contributed by atoms with E-state index in [9.17, 15) is 9.59 Å². The standard InChI is InChI=1S/C17H22BrNO4/c1-3-12(8-13-6-4-5-7-14(13)18)16(20)19-9-11(2)23-15(10-19)17(21)22/h4-7,11-12,15H,3,8-10H2,1-2H3,(H,21,22)/t11-,12?,15?/m1/s1. The molecule has 1 N–H and O–H groups in total. The Morgan fingerprint density at radius 2 is 2.09 bits per heavy atom. The van der Waals surface area contributed by atoms with Crippen LogP contribution in [0.15, 0.2) is 28.7 Å². The Morgan fingerprint density at radius 3 is 2.70 bits per heavy atom. The van der Waals surface area contributed by atoms with E-state index >= 15 is 0 Å². The molecule has 1 amide bonds. The summed E-state index contributed by atoms with van der Waals surface area (Å²) in [5.74, 6) is -1.17. The first-order chi connectivity index (χ1) is 10.9. The molecule has 0 radical (unpaired) electrons. The van der Waals surface area contributed by atoms with Gasteiger partial charge < -0.3 is 14.7 Å². The lowest BCUT2D eigenvalue weighted by molar-refractivity contribution is -0.167. The van der Waals surface area contributed by atoms with Crippen molar-refractivity contribution in [1.82, 2.24) is 4.90 Å². The van der Waals surface area contributed by atoms with Crippen LogP contribution in [0.5, 0.6) is 0 Å². The van der Waals surface area contributed by atoms with Gasteiger partial charge in [-0.05, 0) is 31.4 Å². The van der Waals surface area contributed by atoms with Crippen LogP contribution < -0.4 is 0 Å². The van der Waals surface area contributed by atoms with Gasteiger partial charge in [0.05, 0.1) is 12.6 Å². The highest BCUT2D eigenvalue weighted by atomic mass is 79.9. The summed E-state index contributed by atoms with van der Waals surface area (Å²) in [6.45, 7) is 4.34. The van der Waals surface area contributed by atoms with Gasteiger partial charge in [-0.1, -0.05) is 41.1 Å². The van der Waals surface area contributed by atoms with Crippen molar-refractivity contribution >= 4 is 27.8 Å². The number of carbonyl (C=O) groups is 2. The number of nitrogens with zero attached hydrogens (tertiary/aromatic N) is 1. The molecule has 1 aromatic carbocycles. The molecule has 2 unspecified atom stereocenters. The first kappa shape index (κ1) is 17.9. The fraction of sp³-hybridized carbons (Fsp3) is 0.529. The van der Waals surface area contributed by atoms with E-state index in [1.165, 1.54) is 0 Å². The third-order valence-electron chi connectivity index (χ3n) is 4.11. The Bertz CT molecular complexity index is 577. The molecular weight excluding hydrogens is 362 g/mol. The summed E-state index contributed by atoms with van der Waals surface area (Å²) in [5, 5.41) is 9.15. The van der Waals surface area contributed by atoms with Crippen LogP contribution >= 0.6 is 15.9 Å². The van der Waals surface area contributed by atoms with E-state index in [0.717, 1.165) is 10.0 Å². The summed E-state index contributed by atoms with van der Waals surface area (Å²) in [4.78, 5) is 25.6. The zero-order valence-corrected chi connectivity index (χ0v) is 15.0. The lowest BCUT2D eigenvalue weighted by atomic mass is 9.95. The predicted molar refractivity (Wildman–Crippen MR) is 90.2 cm³/mol. The molecule has 23 heavy (non-hydrogen) atoms. The predicted octanol–water partition coefficient (Wildman–Crippen LogP) is 2.72. The molecule has 0 aromatic heterocycles. The highest BCUT2D eigenvalue weighted by Crippen LogP contribution is 2.23. The van der Waals surface area contributed by atoms with Crippen LogP contribution in [0.25, 0.3) is 0 Å². The van der Waals surface area contributed by atoms with E-state index in [1.54, 1.807) is 11.8 Å². The van der Waals surface area contributed by atoms with Crippen LogP contribution in [0.4, 0.5) is 0 Å². The number of halogens is 1. The number of carbonyl (C=O) groups excluding carboxylic acids is 1. The van der Waals surface area contributed by atoms with Crippen LogP contribution in [0.1, 0.15) is 25.8 Å². The summed E-state index contributed by atoms with van der Waals surface area (Å²) in [7, 11) is 0. The van der Waals surface area contributed by atoms with Crippen molar-refractivity contribution in [2.75, 3.05) is 13.1 Å². The fourth-order valence-corrected chi connectivity index (χ4v) is 3.31. The van der Waals surface area contributed by atoms with E-state index in [0.29, 0.717) is 19.4 Å². The zero-order chi connectivity index (χ0) is 17.0. The summed E-state index contributed by atoms with van der Waals surface area (Å²) < 4.78 is 6.37. The van der Waals surface area contributed by atoms with E-state index < -0.39 is 12.1 Å². The number of amides is 1. The van der Waals surface area contributed by atoms with Gasteiger partial charge in [-0.2, -0.15) is 0 Å². The Morgan fingerprint density at radius 1 is 1.39 bits per heavy atom. The van der Waals surface area contributed by atoms with E-state index in [-0.39, 0.29) is 24.5 Å². The average molecular weight is 384 g/mol. The van der Waals surface area contributed by atoms with Gasteiger partial charge in [-0.3, -0.25) is 4.79 Å². The van der Waals surface area contributed by atoms with Crippen LogP contribution in [-0.4, -0.2) is 47.2 Å². The van der Waals surface area contributed by atoms with Gasteiger partial charge in [0, 0.05) is 16.9 Å². The quantitative estimate of drug-likeness (QED) is 0.848. The monoisotopic (exact) mass is 383 g/mol. The first-order valence-corrected chi connectivity index (χ1v) is 8.62. The number of carboxylic acids is 1. The highest BCUT2D eigenvalue weighted by molar-refractivity contribution is 9.10. The lowest BCUT2D eigenvalue weighted by Gasteiger charge is -2.36. The van der Waals surface area contributed by atoms with Crippen molar-refractivity contribution in [1.29, 1.82) is 0 Å². The molecule has 1 aliphatic heterocycles. The van der Waals surface area contributed by atoms with Crippen molar-refractivity contribution in [3.05, 3.63) is 34.3 Å². The van der Waals surface area contributed by atoms with Gasteiger partial charge in [-0.25, -0.2) is 4.79 Å². The fourth-order valence-electron chi connectivity index (χ4n) is 2.86. The SMILES string of the molecule is CCC(Cc1ccccc1Br)C(=O)N1CC(C(=O)O)O[C@H](C)C1. The normalized spacial score (nSPS) is 22.7. The van der Waals surface area contributed by atoms with Crippen LogP contribution in [0.2, 0.25) is 0 Å². The number of rotatable bonds is 5. The number of benzene rings is 1. The Hall–Kier alpha value is -1.40. The molecular formula is C17H22BrNO4. The molecule has 0 spiro atoms. The van der Waals surface area contributed by atoms with Crippen molar-refractivity contribution in [3.63, 3.8) is 0 Å². The highest BCUT2D eigenvalue weighted by Gasteiger charge is 2.34. The van der Waals surface area contributed by atoms with E-state index in [1.807, 2.05) is 31.2 Å². The molecule has 5 nitrogen and oxygen atoms in total. The van der Waals surface area contributed by atoms with Gasteiger partial charge >= 0.3 is 5.97 Å². The second-order valence-electron chi connectivity index (χ2n) is 5.92. The summed E-state index contributed by atoms with van der Waals surface area (Å²) >= 11 is 3.51. The minimum absolute atomic E-state index is 0.00431. The minimum Gasteiger partial charge on any atom is -0.479 e. The van der Waals surface area contributed by atoms with E-state index in [4.69, 9.17) is 9.84 Å². The van der Waals surface area contributed by atoms with Gasteiger partial charge in [0.1, 0.15) is 0 Å². The summed E-state index contributed by atoms with van der Waals surface area (Å²) in [5.41, 5.74) is 1.09. The summed E-state index contributed by atoms with van der Waals surface area (Å²) in [6.07, 6.45) is 0.141. The number of morpholine rings is 1. The van der Waals surface area contributed by atoms with Crippen molar-refractivity contribution in [2.45, 2.75) is 38.9 Å². The van der Waals surface area contributed by atoms with Gasteiger partial charge in [0.2, 0.25) is 5.91 Å². The molecule has 1 fully saturated rings. The number of hydrogen-bond donors (Lipinski definition) is 1. The molecule has 3 atom stereocenters. The molecule has 1 aliphatic rings. The van der Waals surface area contributed by atoms with Crippen molar-refractivity contribution in [2.24, 2.45) is 5.92 Å². The number of ether oxygens (including phenoxy) is 1. The molecule has 126 valence electrons. The molecule has 1 heterocycles. The second kappa shape index (κ2) is 7.93. The average Bonchev–Trinajstić information content (AvgIpc) is 2.53. The summed E-state index contributed by atoms with van der Waals surface area (Å²) in [6, 6.07) is 7.86. The Labute approximate surface area is 144 Å². The van der Waals surface area contributed by atoms with Gasteiger partial charge in [0.15, 0.2) is 6.10 Å². The van der Waals surface area contributed by atoms with Gasteiger partial charge in [0.25, 0.3) is 0 Å². The number of carboxylic acid groups (broad SMARTS) is 1. The molecule has 0 aliphatic carbocycles. The van der Waals surface area contributed by atoms with E-state index in [2.05, 4.69) is 15.9 Å². The molecule has 1 aromatic rings. The molecule has 0 saturated carbocycles. The maximum absolute atomic E-state index is 12.8. The lowest BCUT2D eigenvalue weighted by Crippen LogP contribution is -2.53. The Kier molecular flexibility index (Phi) is 6.18. The minimum atomic E-state index is -1.02. The first-order valence-electron chi connectivity index (χ1n) is 7.82. The smallest absolute Gasteiger partial charge is 0.334 e. The third-order valence-corrected chi connectivity index (χ3v) is 4.89. The topological polar surface area (TPSA) is 66.8 Å². The molecule has 6 heteroatoms. The maximum atomic E-state index is 12.8. The van der Waals surface area contributed by atoms with Crippen LogP contribution in [0.3, 0.4) is 0 Å². The zero-order valence-electron chi connectivity index (χ0n) is 13.4. The molecule has 0 bridgehead atoms. The van der Waals surface area contributed by atoms with Crippen molar-refractivity contribution < 1.29 is 19.4 Å². The van der Waals surface area contributed by atoms with Gasteiger partial charge in [-0.15, -0.1) is 0 Å². The van der Waals surface area contributed by atoms with Crippen LogP contribution in [0, 0.1) is 5.92 Å². The number of hydrogen-bond acceptors (Lipinski definition) is 3. The van der Waals surface area contributed by atoms with Crippen LogP contribution in [-0.2, 0) is 20.7 Å². The maximum Gasteiger partial charge on any atom is 0.334 e. The Balaban J connectivity index is 2.10. The largest absolute Gasteiger partial charge is 0.479 e. The molecule has 2 rings (SSSR count). The third kappa shape index (κ3) is 4.54.